The van der Waals surface area contributed by atoms with Gasteiger partial charge in [-0.3, -0.25) is 0 Å². The zero-order chi connectivity index (χ0) is 20.2. The van der Waals surface area contributed by atoms with Gasteiger partial charge in [0.1, 0.15) is 24.5 Å². The second-order valence-electron chi connectivity index (χ2n) is 7.01. The molecule has 0 amide bonds. The standard InChI is InChI=1S/C22H24N6O/c1-15(2)28-21(16-7-6-8-17(23)13-16)27-19-20(25-14-26-22(19)28)24-11-12-29-18-9-4-3-5-10-18/h3-10,13-15H,11-12,23H2,1-2H3,(H,24,25,26). The number of nitrogen functional groups attached to an aromatic ring is 1. The number of hydrogen-bond acceptors (Lipinski definition) is 6. The van der Waals surface area contributed by atoms with Crippen LogP contribution in [-0.4, -0.2) is 32.7 Å². The predicted octanol–water partition coefficient (Wildman–Crippen LogP) is 4.15. The number of nitrogens with zero attached hydrogens (tertiary/aromatic N) is 4. The van der Waals surface area contributed by atoms with E-state index in [1.165, 1.54) is 0 Å². The number of nitrogens with one attached hydrogen (secondary N) is 1. The van der Waals surface area contributed by atoms with Gasteiger partial charge in [-0.25, -0.2) is 15.0 Å². The Kier molecular flexibility index (Phi) is 5.29. The molecule has 29 heavy (non-hydrogen) atoms. The van der Waals surface area contributed by atoms with E-state index in [0.717, 1.165) is 28.3 Å². The Morgan fingerprint density at radius 3 is 2.66 bits per heavy atom. The lowest BCUT2D eigenvalue weighted by Crippen LogP contribution is -2.13. The number of nitrogens with two attached hydrogens (primary N) is 1. The van der Waals surface area contributed by atoms with Crippen molar-refractivity contribution in [2.24, 2.45) is 0 Å². The van der Waals surface area contributed by atoms with Gasteiger partial charge in [0, 0.05) is 17.3 Å². The maximum atomic E-state index is 5.98. The van der Waals surface area contributed by atoms with Gasteiger partial charge >= 0.3 is 0 Å². The number of fused-ring (bicyclic) bond motifs is 1. The van der Waals surface area contributed by atoms with Crippen molar-refractivity contribution in [3.63, 3.8) is 0 Å². The second-order valence-corrected chi connectivity index (χ2v) is 7.01. The molecule has 2 aromatic carbocycles. The topological polar surface area (TPSA) is 90.9 Å². The second kappa shape index (κ2) is 8.18. The van der Waals surface area contributed by atoms with Gasteiger partial charge in [0.05, 0.1) is 6.54 Å². The average molecular weight is 388 g/mol. The SMILES string of the molecule is CC(C)n1c(-c2cccc(N)c2)nc2c(NCCOc3ccccc3)ncnc21. The molecule has 4 rings (SSSR count). The number of para-hydroxylation sites is 1. The van der Waals surface area contributed by atoms with Crippen molar-refractivity contribution in [3.05, 3.63) is 60.9 Å². The smallest absolute Gasteiger partial charge is 0.166 e. The number of hydrogen-bond donors (Lipinski definition) is 2. The molecule has 0 unspecified atom stereocenters. The van der Waals surface area contributed by atoms with Crippen LogP contribution >= 0.6 is 0 Å². The fraction of sp³-hybridized carbons (Fsp3) is 0.227. The Morgan fingerprint density at radius 2 is 1.90 bits per heavy atom. The van der Waals surface area contributed by atoms with E-state index < -0.39 is 0 Å². The molecule has 7 heteroatoms. The van der Waals surface area contributed by atoms with E-state index in [2.05, 4.69) is 33.7 Å². The zero-order valence-corrected chi connectivity index (χ0v) is 16.5. The molecule has 2 aromatic heterocycles. The number of imidazole rings is 1. The minimum Gasteiger partial charge on any atom is -0.492 e. The van der Waals surface area contributed by atoms with Crippen LogP contribution in [-0.2, 0) is 0 Å². The number of rotatable bonds is 7. The average Bonchev–Trinajstić information content (AvgIpc) is 3.13. The van der Waals surface area contributed by atoms with Crippen LogP contribution < -0.4 is 15.8 Å². The Bertz CT molecular complexity index is 1110. The Morgan fingerprint density at radius 1 is 1.07 bits per heavy atom. The Hall–Kier alpha value is -3.61. The van der Waals surface area contributed by atoms with Gasteiger partial charge in [-0.2, -0.15) is 0 Å². The Balaban J connectivity index is 1.61. The molecule has 0 aliphatic heterocycles. The molecule has 0 radical (unpaired) electrons. The van der Waals surface area contributed by atoms with Crippen LogP contribution in [0.2, 0.25) is 0 Å². The first kappa shape index (κ1) is 18.7. The maximum Gasteiger partial charge on any atom is 0.166 e. The summed E-state index contributed by atoms with van der Waals surface area (Å²) < 4.78 is 7.85. The van der Waals surface area contributed by atoms with Crippen LogP contribution in [0.4, 0.5) is 11.5 Å². The molecule has 0 saturated carbocycles. The van der Waals surface area contributed by atoms with Crippen molar-refractivity contribution in [2.75, 3.05) is 24.2 Å². The number of ether oxygens (including phenoxy) is 1. The molecule has 4 aromatic rings. The number of anilines is 2. The van der Waals surface area contributed by atoms with Crippen molar-refractivity contribution < 1.29 is 4.74 Å². The summed E-state index contributed by atoms with van der Waals surface area (Å²) in [6.45, 7) is 5.34. The summed E-state index contributed by atoms with van der Waals surface area (Å²) in [4.78, 5) is 13.8. The normalized spacial score (nSPS) is 11.1. The van der Waals surface area contributed by atoms with Crippen LogP contribution in [0.5, 0.6) is 5.75 Å². The largest absolute Gasteiger partial charge is 0.492 e. The summed E-state index contributed by atoms with van der Waals surface area (Å²) in [5, 5.41) is 3.32. The molecule has 7 nitrogen and oxygen atoms in total. The number of benzene rings is 2. The summed E-state index contributed by atoms with van der Waals surface area (Å²) in [5.41, 5.74) is 9.16. The zero-order valence-electron chi connectivity index (χ0n) is 16.5. The molecule has 0 bridgehead atoms. The number of aromatic nitrogens is 4. The molecule has 2 heterocycles. The van der Waals surface area contributed by atoms with Crippen LogP contribution in [0.15, 0.2) is 60.9 Å². The lowest BCUT2D eigenvalue weighted by atomic mass is 10.2. The fourth-order valence-corrected chi connectivity index (χ4v) is 3.26. The van der Waals surface area contributed by atoms with E-state index in [9.17, 15) is 0 Å². The summed E-state index contributed by atoms with van der Waals surface area (Å²) in [7, 11) is 0. The molecule has 0 aliphatic rings. The minimum atomic E-state index is 0.181. The Labute approximate surface area is 169 Å². The molecule has 0 aliphatic carbocycles. The van der Waals surface area contributed by atoms with Crippen LogP contribution in [0.1, 0.15) is 19.9 Å². The molecular formula is C22H24N6O. The first-order valence-electron chi connectivity index (χ1n) is 9.64. The monoisotopic (exact) mass is 388 g/mol. The molecular weight excluding hydrogens is 364 g/mol. The highest BCUT2D eigenvalue weighted by Crippen LogP contribution is 2.30. The van der Waals surface area contributed by atoms with E-state index in [0.29, 0.717) is 24.7 Å². The van der Waals surface area contributed by atoms with Crippen molar-refractivity contribution >= 4 is 22.7 Å². The summed E-state index contributed by atoms with van der Waals surface area (Å²) in [6.07, 6.45) is 1.56. The van der Waals surface area contributed by atoms with Gasteiger partial charge in [-0.05, 0) is 38.1 Å². The predicted molar refractivity (Wildman–Crippen MR) is 116 cm³/mol. The summed E-state index contributed by atoms with van der Waals surface area (Å²) >= 11 is 0. The molecule has 0 atom stereocenters. The third-order valence-corrected chi connectivity index (χ3v) is 4.54. The van der Waals surface area contributed by atoms with Gasteiger partial charge in [0.2, 0.25) is 0 Å². The van der Waals surface area contributed by atoms with Gasteiger partial charge in [-0.15, -0.1) is 0 Å². The van der Waals surface area contributed by atoms with E-state index in [4.69, 9.17) is 15.5 Å². The molecule has 3 N–H and O–H groups in total. The van der Waals surface area contributed by atoms with Crippen molar-refractivity contribution in [3.8, 4) is 17.1 Å². The van der Waals surface area contributed by atoms with Gasteiger partial charge < -0.3 is 20.4 Å². The maximum absolute atomic E-state index is 5.98. The van der Waals surface area contributed by atoms with Crippen molar-refractivity contribution in [2.45, 2.75) is 19.9 Å². The minimum absolute atomic E-state index is 0.181. The first-order chi connectivity index (χ1) is 14.1. The molecule has 0 spiro atoms. The molecule has 0 saturated heterocycles. The van der Waals surface area contributed by atoms with E-state index >= 15 is 0 Å². The van der Waals surface area contributed by atoms with Crippen LogP contribution in [0.25, 0.3) is 22.6 Å². The van der Waals surface area contributed by atoms with Crippen molar-refractivity contribution in [1.82, 2.24) is 19.5 Å². The van der Waals surface area contributed by atoms with Crippen LogP contribution in [0.3, 0.4) is 0 Å². The fourth-order valence-electron chi connectivity index (χ4n) is 3.26. The van der Waals surface area contributed by atoms with Gasteiger partial charge in [-0.1, -0.05) is 30.3 Å². The van der Waals surface area contributed by atoms with E-state index in [1.54, 1.807) is 6.33 Å². The quantitative estimate of drug-likeness (QED) is 0.365. The third kappa shape index (κ3) is 3.99. The molecule has 148 valence electrons. The van der Waals surface area contributed by atoms with E-state index in [-0.39, 0.29) is 6.04 Å². The van der Waals surface area contributed by atoms with E-state index in [1.807, 2.05) is 54.6 Å². The summed E-state index contributed by atoms with van der Waals surface area (Å²) in [6, 6.07) is 17.6. The highest BCUT2D eigenvalue weighted by atomic mass is 16.5. The third-order valence-electron chi connectivity index (χ3n) is 4.54. The lowest BCUT2D eigenvalue weighted by Gasteiger charge is -2.12. The van der Waals surface area contributed by atoms with Gasteiger partial charge in [0.15, 0.2) is 17.0 Å². The van der Waals surface area contributed by atoms with Gasteiger partial charge in [0.25, 0.3) is 0 Å². The van der Waals surface area contributed by atoms with Crippen molar-refractivity contribution in [1.29, 1.82) is 0 Å². The summed E-state index contributed by atoms with van der Waals surface area (Å²) in [5.74, 6) is 2.36. The van der Waals surface area contributed by atoms with Crippen LogP contribution in [0, 0.1) is 0 Å². The first-order valence-corrected chi connectivity index (χ1v) is 9.64. The highest BCUT2D eigenvalue weighted by Gasteiger charge is 2.19. The lowest BCUT2D eigenvalue weighted by molar-refractivity contribution is 0.333. The highest BCUT2D eigenvalue weighted by molar-refractivity contribution is 5.86. The molecule has 0 fully saturated rings.